The van der Waals surface area contributed by atoms with Crippen LogP contribution >= 0.6 is 12.4 Å². The van der Waals surface area contributed by atoms with E-state index in [1.54, 1.807) is 14.2 Å². The molecule has 0 bridgehead atoms. The Morgan fingerprint density at radius 2 is 1.81 bits per heavy atom. The first-order chi connectivity index (χ1) is 9.55. The van der Waals surface area contributed by atoms with Crippen molar-refractivity contribution in [1.82, 2.24) is 10.2 Å². The van der Waals surface area contributed by atoms with Gasteiger partial charge in [0.2, 0.25) is 0 Å². The van der Waals surface area contributed by atoms with Crippen LogP contribution in [0.5, 0.6) is 11.5 Å². The standard InChI is InChI=1S/C16H26N2O2.ClH/c1-11-6-15(19-4)16(20-5)7-14(11)10-18-9-12(2)17-8-13(18)3;/h6-7,12-13,17H,8-10H2,1-5H3;1H. The number of hydrogen-bond donors (Lipinski definition) is 1. The number of nitrogens with zero attached hydrogens (tertiary/aromatic N) is 1. The Labute approximate surface area is 134 Å². The van der Waals surface area contributed by atoms with Gasteiger partial charge in [-0.2, -0.15) is 0 Å². The lowest BCUT2D eigenvalue weighted by molar-refractivity contribution is 0.138. The Hall–Kier alpha value is -0.970. The highest BCUT2D eigenvalue weighted by atomic mass is 35.5. The second-order valence-corrected chi connectivity index (χ2v) is 5.72. The van der Waals surface area contributed by atoms with Gasteiger partial charge >= 0.3 is 0 Å². The van der Waals surface area contributed by atoms with Crippen LogP contribution in [0.4, 0.5) is 0 Å². The van der Waals surface area contributed by atoms with Crippen LogP contribution in [0.3, 0.4) is 0 Å². The fourth-order valence-electron chi connectivity index (χ4n) is 2.73. The third-order valence-electron chi connectivity index (χ3n) is 4.11. The lowest BCUT2D eigenvalue weighted by Gasteiger charge is -2.37. The molecule has 2 unspecified atom stereocenters. The first-order valence-electron chi connectivity index (χ1n) is 7.24. The zero-order chi connectivity index (χ0) is 14.7. The van der Waals surface area contributed by atoms with Crippen molar-refractivity contribution in [1.29, 1.82) is 0 Å². The van der Waals surface area contributed by atoms with E-state index < -0.39 is 0 Å². The fourth-order valence-corrected chi connectivity index (χ4v) is 2.73. The van der Waals surface area contributed by atoms with Gasteiger partial charge in [-0.05, 0) is 44.0 Å². The van der Waals surface area contributed by atoms with Crippen molar-refractivity contribution in [2.24, 2.45) is 0 Å². The van der Waals surface area contributed by atoms with Crippen LogP contribution in [0.2, 0.25) is 0 Å². The molecule has 0 spiro atoms. The van der Waals surface area contributed by atoms with Gasteiger partial charge in [-0.3, -0.25) is 4.90 Å². The van der Waals surface area contributed by atoms with E-state index in [1.807, 2.05) is 0 Å². The van der Waals surface area contributed by atoms with Crippen LogP contribution in [0.1, 0.15) is 25.0 Å². The molecule has 1 heterocycles. The number of methoxy groups -OCH3 is 2. The van der Waals surface area contributed by atoms with E-state index in [0.29, 0.717) is 12.1 Å². The summed E-state index contributed by atoms with van der Waals surface area (Å²) in [5, 5.41) is 3.52. The molecular weight excluding hydrogens is 288 g/mol. The zero-order valence-corrected chi connectivity index (χ0v) is 14.4. The van der Waals surface area contributed by atoms with Crippen molar-refractivity contribution >= 4 is 12.4 Å². The molecule has 2 atom stereocenters. The van der Waals surface area contributed by atoms with Crippen molar-refractivity contribution < 1.29 is 9.47 Å². The van der Waals surface area contributed by atoms with Crippen LogP contribution in [0.25, 0.3) is 0 Å². The minimum atomic E-state index is 0. The molecule has 1 aromatic carbocycles. The fraction of sp³-hybridized carbons (Fsp3) is 0.625. The number of nitrogens with one attached hydrogen (secondary N) is 1. The van der Waals surface area contributed by atoms with Gasteiger partial charge in [-0.15, -0.1) is 12.4 Å². The normalized spacial score (nSPS) is 22.5. The Morgan fingerprint density at radius 1 is 1.19 bits per heavy atom. The largest absolute Gasteiger partial charge is 0.493 e. The average molecular weight is 315 g/mol. The first-order valence-corrected chi connectivity index (χ1v) is 7.24. The summed E-state index contributed by atoms with van der Waals surface area (Å²) in [4.78, 5) is 2.52. The van der Waals surface area contributed by atoms with Gasteiger partial charge in [0.25, 0.3) is 0 Å². The predicted octanol–water partition coefficient (Wildman–Crippen LogP) is 2.62. The van der Waals surface area contributed by atoms with Gasteiger partial charge in [-0.1, -0.05) is 0 Å². The molecule has 21 heavy (non-hydrogen) atoms. The summed E-state index contributed by atoms with van der Waals surface area (Å²) < 4.78 is 10.8. The van der Waals surface area contributed by atoms with Crippen LogP contribution < -0.4 is 14.8 Å². The second kappa shape index (κ2) is 7.87. The highest BCUT2D eigenvalue weighted by Crippen LogP contribution is 2.31. The summed E-state index contributed by atoms with van der Waals surface area (Å²) in [5.41, 5.74) is 2.56. The topological polar surface area (TPSA) is 33.7 Å². The maximum Gasteiger partial charge on any atom is 0.161 e. The van der Waals surface area contributed by atoms with E-state index in [4.69, 9.17) is 9.47 Å². The van der Waals surface area contributed by atoms with Gasteiger partial charge in [0, 0.05) is 31.7 Å². The second-order valence-electron chi connectivity index (χ2n) is 5.72. The number of piperazine rings is 1. The van der Waals surface area contributed by atoms with Crippen molar-refractivity contribution in [2.75, 3.05) is 27.3 Å². The molecule has 1 saturated heterocycles. The van der Waals surface area contributed by atoms with Crippen molar-refractivity contribution in [3.8, 4) is 11.5 Å². The third-order valence-corrected chi connectivity index (χ3v) is 4.11. The number of benzene rings is 1. The minimum Gasteiger partial charge on any atom is -0.493 e. The molecular formula is C16H27ClN2O2. The summed E-state index contributed by atoms with van der Waals surface area (Å²) in [6.07, 6.45) is 0. The zero-order valence-electron chi connectivity index (χ0n) is 13.6. The molecule has 1 aliphatic rings. The van der Waals surface area contributed by atoms with Crippen LogP contribution in [0.15, 0.2) is 12.1 Å². The molecule has 1 aliphatic heterocycles. The number of ether oxygens (including phenoxy) is 2. The highest BCUT2D eigenvalue weighted by Gasteiger charge is 2.23. The molecule has 0 saturated carbocycles. The summed E-state index contributed by atoms with van der Waals surface area (Å²) in [7, 11) is 3.36. The van der Waals surface area contributed by atoms with E-state index in [9.17, 15) is 0 Å². The van der Waals surface area contributed by atoms with Gasteiger partial charge < -0.3 is 14.8 Å². The molecule has 0 amide bonds. The van der Waals surface area contributed by atoms with Crippen LogP contribution in [0, 0.1) is 6.92 Å². The maximum absolute atomic E-state index is 5.41. The van der Waals surface area contributed by atoms with Gasteiger partial charge in [0.15, 0.2) is 11.5 Å². The summed E-state index contributed by atoms with van der Waals surface area (Å²) in [5.74, 6) is 1.61. The SMILES string of the molecule is COc1cc(C)c(CN2CC(C)NCC2C)cc1OC.Cl. The highest BCUT2D eigenvalue weighted by molar-refractivity contribution is 5.85. The molecule has 0 radical (unpaired) electrons. The number of rotatable bonds is 4. The minimum absolute atomic E-state index is 0. The molecule has 1 N–H and O–H groups in total. The molecule has 1 fully saturated rings. The molecule has 120 valence electrons. The summed E-state index contributed by atoms with van der Waals surface area (Å²) in [6.45, 7) is 9.73. The van der Waals surface area contributed by atoms with Crippen molar-refractivity contribution in [2.45, 2.75) is 39.4 Å². The number of hydrogen-bond acceptors (Lipinski definition) is 4. The van der Waals surface area contributed by atoms with E-state index in [1.165, 1.54) is 11.1 Å². The van der Waals surface area contributed by atoms with Crippen LogP contribution in [-0.2, 0) is 6.54 Å². The average Bonchev–Trinajstić information content (AvgIpc) is 2.44. The molecule has 0 aromatic heterocycles. The lowest BCUT2D eigenvalue weighted by atomic mass is 10.0. The smallest absolute Gasteiger partial charge is 0.161 e. The molecule has 1 aromatic rings. The number of halogens is 1. The van der Waals surface area contributed by atoms with Gasteiger partial charge in [-0.25, -0.2) is 0 Å². The number of aryl methyl sites for hydroxylation is 1. The summed E-state index contributed by atoms with van der Waals surface area (Å²) >= 11 is 0. The van der Waals surface area contributed by atoms with E-state index in [-0.39, 0.29) is 12.4 Å². The van der Waals surface area contributed by atoms with Crippen LogP contribution in [-0.4, -0.2) is 44.3 Å². The third kappa shape index (κ3) is 4.25. The molecule has 5 heteroatoms. The van der Waals surface area contributed by atoms with Gasteiger partial charge in [0.05, 0.1) is 14.2 Å². The van der Waals surface area contributed by atoms with Crippen molar-refractivity contribution in [3.63, 3.8) is 0 Å². The maximum atomic E-state index is 5.41. The van der Waals surface area contributed by atoms with E-state index in [0.717, 1.165) is 31.1 Å². The molecule has 0 aliphatic carbocycles. The van der Waals surface area contributed by atoms with Crippen molar-refractivity contribution in [3.05, 3.63) is 23.3 Å². The summed E-state index contributed by atoms with van der Waals surface area (Å²) in [6, 6.07) is 5.27. The molecule has 2 rings (SSSR count). The molecule has 4 nitrogen and oxygen atoms in total. The van der Waals surface area contributed by atoms with E-state index >= 15 is 0 Å². The monoisotopic (exact) mass is 314 g/mol. The Kier molecular flexibility index (Phi) is 6.78. The Bertz CT molecular complexity index is 468. The quantitative estimate of drug-likeness (QED) is 0.926. The Balaban J connectivity index is 0.00000220. The Morgan fingerprint density at radius 3 is 2.43 bits per heavy atom. The van der Waals surface area contributed by atoms with Gasteiger partial charge in [0.1, 0.15) is 0 Å². The predicted molar refractivity (Wildman–Crippen MR) is 88.9 cm³/mol. The first kappa shape index (κ1) is 18.1. The lowest BCUT2D eigenvalue weighted by Crippen LogP contribution is -2.53. The van der Waals surface area contributed by atoms with E-state index in [2.05, 4.69) is 43.1 Å².